The minimum Gasteiger partial charge on any atom is -0.477 e. The van der Waals surface area contributed by atoms with E-state index in [1.165, 1.54) is 0 Å². The molecule has 21 heavy (non-hydrogen) atoms. The Hall–Kier alpha value is -2.63. The number of aromatic nitrogens is 1. The summed E-state index contributed by atoms with van der Waals surface area (Å²) < 4.78 is 5.02. The number of nitrogens with zero attached hydrogens (tertiary/aromatic N) is 1. The van der Waals surface area contributed by atoms with Gasteiger partial charge in [0.25, 0.3) is 0 Å². The van der Waals surface area contributed by atoms with Gasteiger partial charge < -0.3 is 14.9 Å². The highest BCUT2D eigenvalue weighted by molar-refractivity contribution is 5.90. The van der Waals surface area contributed by atoms with Crippen molar-refractivity contribution in [1.82, 2.24) is 10.5 Å². The summed E-state index contributed by atoms with van der Waals surface area (Å²) in [6.07, 6.45) is 0.223. The lowest BCUT2D eigenvalue weighted by molar-refractivity contribution is -0.121. The summed E-state index contributed by atoms with van der Waals surface area (Å²) in [5, 5.41) is 15.5. The van der Waals surface area contributed by atoms with Gasteiger partial charge in [-0.15, -0.1) is 0 Å². The molecule has 0 aliphatic carbocycles. The first-order valence-electron chi connectivity index (χ1n) is 6.51. The zero-order chi connectivity index (χ0) is 15.4. The van der Waals surface area contributed by atoms with Crippen molar-refractivity contribution >= 4 is 11.9 Å². The standard InChI is InChI=1S/C15H16N2O4/c1-9-13(15(19)20)14(21-17-9)10(2)16-12(18)8-11-6-4-3-5-7-11/h3-7,10H,8H2,1-2H3,(H,16,18)(H,19,20)/t10-/m1/s1. The highest BCUT2D eigenvalue weighted by Gasteiger charge is 2.25. The molecule has 1 atom stereocenters. The minimum atomic E-state index is -1.12. The molecule has 110 valence electrons. The zero-order valence-corrected chi connectivity index (χ0v) is 11.8. The first-order valence-corrected chi connectivity index (χ1v) is 6.51. The Morgan fingerprint density at radius 2 is 2.00 bits per heavy atom. The molecule has 0 bridgehead atoms. The first kappa shape index (κ1) is 14.8. The maximum Gasteiger partial charge on any atom is 0.341 e. The van der Waals surface area contributed by atoms with E-state index in [0.717, 1.165) is 5.56 Å². The van der Waals surface area contributed by atoms with E-state index in [0.29, 0.717) is 5.69 Å². The zero-order valence-electron chi connectivity index (χ0n) is 11.8. The van der Waals surface area contributed by atoms with Crippen LogP contribution < -0.4 is 5.32 Å². The highest BCUT2D eigenvalue weighted by atomic mass is 16.5. The van der Waals surface area contributed by atoms with E-state index in [2.05, 4.69) is 10.5 Å². The van der Waals surface area contributed by atoms with Crippen LogP contribution in [0, 0.1) is 6.92 Å². The molecule has 6 heteroatoms. The number of aromatic carboxylic acids is 1. The Balaban J connectivity index is 2.06. The lowest BCUT2D eigenvalue weighted by Crippen LogP contribution is -2.28. The van der Waals surface area contributed by atoms with Crippen molar-refractivity contribution in [3.05, 3.63) is 52.9 Å². The van der Waals surface area contributed by atoms with Crippen molar-refractivity contribution in [3.63, 3.8) is 0 Å². The van der Waals surface area contributed by atoms with Gasteiger partial charge in [0, 0.05) is 0 Å². The number of hydrogen-bond donors (Lipinski definition) is 2. The first-order chi connectivity index (χ1) is 9.99. The maximum absolute atomic E-state index is 12.0. The maximum atomic E-state index is 12.0. The SMILES string of the molecule is Cc1noc([C@@H](C)NC(=O)Cc2ccccc2)c1C(=O)O. The number of benzene rings is 1. The number of nitrogens with one attached hydrogen (secondary N) is 1. The van der Waals surface area contributed by atoms with Crippen LogP contribution in [-0.2, 0) is 11.2 Å². The van der Waals surface area contributed by atoms with Crippen LogP contribution in [0.25, 0.3) is 0 Å². The van der Waals surface area contributed by atoms with Crippen LogP contribution >= 0.6 is 0 Å². The summed E-state index contributed by atoms with van der Waals surface area (Å²) in [6, 6.07) is 8.73. The Labute approximate surface area is 121 Å². The van der Waals surface area contributed by atoms with E-state index in [1.54, 1.807) is 13.8 Å². The molecular weight excluding hydrogens is 272 g/mol. The molecule has 1 aromatic carbocycles. The molecule has 0 saturated carbocycles. The van der Waals surface area contributed by atoms with Crippen LogP contribution in [0.4, 0.5) is 0 Å². The number of aryl methyl sites for hydroxylation is 1. The molecule has 2 aromatic rings. The van der Waals surface area contributed by atoms with Crippen molar-refractivity contribution in [2.45, 2.75) is 26.3 Å². The number of rotatable bonds is 5. The molecule has 0 saturated heterocycles. The molecule has 0 spiro atoms. The topological polar surface area (TPSA) is 92.4 Å². The van der Waals surface area contributed by atoms with Crippen molar-refractivity contribution in [1.29, 1.82) is 0 Å². The molecule has 0 aliphatic heterocycles. The van der Waals surface area contributed by atoms with Crippen LogP contribution in [0.5, 0.6) is 0 Å². The number of carboxylic acid groups (broad SMARTS) is 1. The average Bonchev–Trinajstić information content (AvgIpc) is 2.81. The van der Waals surface area contributed by atoms with Crippen molar-refractivity contribution < 1.29 is 19.2 Å². The average molecular weight is 288 g/mol. The number of carbonyl (C=O) groups is 2. The predicted molar refractivity (Wildman–Crippen MR) is 74.9 cm³/mol. The van der Waals surface area contributed by atoms with Crippen LogP contribution in [0.3, 0.4) is 0 Å². The second-order valence-electron chi connectivity index (χ2n) is 4.76. The lowest BCUT2D eigenvalue weighted by Gasteiger charge is -2.11. The fourth-order valence-electron chi connectivity index (χ4n) is 2.08. The molecular formula is C15H16N2O4. The van der Waals surface area contributed by atoms with Gasteiger partial charge in [-0.25, -0.2) is 4.79 Å². The monoisotopic (exact) mass is 288 g/mol. The van der Waals surface area contributed by atoms with Gasteiger partial charge in [0.05, 0.1) is 18.2 Å². The van der Waals surface area contributed by atoms with Gasteiger partial charge in [0.1, 0.15) is 5.56 Å². The Morgan fingerprint density at radius 1 is 1.33 bits per heavy atom. The smallest absolute Gasteiger partial charge is 0.341 e. The number of hydrogen-bond acceptors (Lipinski definition) is 4. The van der Waals surface area contributed by atoms with Gasteiger partial charge in [0.2, 0.25) is 5.91 Å². The van der Waals surface area contributed by atoms with Crippen LogP contribution in [0.15, 0.2) is 34.9 Å². The Kier molecular flexibility index (Phi) is 4.37. The van der Waals surface area contributed by atoms with E-state index in [-0.39, 0.29) is 23.7 Å². The summed E-state index contributed by atoms with van der Waals surface area (Å²) in [6.45, 7) is 3.21. The second kappa shape index (κ2) is 6.21. The molecule has 0 aliphatic rings. The van der Waals surface area contributed by atoms with E-state index in [1.807, 2.05) is 30.3 Å². The minimum absolute atomic E-state index is 0.00233. The molecule has 1 amide bonds. The molecule has 1 aromatic heterocycles. The molecule has 2 rings (SSSR count). The summed E-state index contributed by atoms with van der Waals surface area (Å²) >= 11 is 0. The quantitative estimate of drug-likeness (QED) is 0.879. The third-order valence-electron chi connectivity index (χ3n) is 3.08. The summed E-state index contributed by atoms with van der Waals surface area (Å²) in [7, 11) is 0. The van der Waals surface area contributed by atoms with Gasteiger partial charge >= 0.3 is 5.97 Å². The summed E-state index contributed by atoms with van der Waals surface area (Å²) in [4.78, 5) is 23.1. The van der Waals surface area contributed by atoms with E-state index in [9.17, 15) is 9.59 Å². The number of carbonyl (C=O) groups excluding carboxylic acids is 1. The summed E-state index contributed by atoms with van der Waals surface area (Å²) in [5.41, 5.74) is 1.18. The van der Waals surface area contributed by atoms with Crippen molar-refractivity contribution in [2.24, 2.45) is 0 Å². The molecule has 0 fully saturated rings. The van der Waals surface area contributed by atoms with Gasteiger partial charge in [-0.05, 0) is 19.4 Å². The molecule has 0 radical (unpaired) electrons. The Morgan fingerprint density at radius 3 is 2.62 bits per heavy atom. The predicted octanol–water partition coefficient (Wildman–Crippen LogP) is 2.10. The Bertz CT molecular complexity index is 649. The van der Waals surface area contributed by atoms with E-state index in [4.69, 9.17) is 9.63 Å². The third-order valence-corrected chi connectivity index (χ3v) is 3.08. The summed E-state index contributed by atoms with van der Waals surface area (Å²) in [5.74, 6) is -1.17. The molecule has 2 N–H and O–H groups in total. The largest absolute Gasteiger partial charge is 0.477 e. The van der Waals surface area contributed by atoms with Crippen molar-refractivity contribution in [3.8, 4) is 0 Å². The van der Waals surface area contributed by atoms with Crippen molar-refractivity contribution in [2.75, 3.05) is 0 Å². The third kappa shape index (κ3) is 3.47. The lowest BCUT2D eigenvalue weighted by atomic mass is 10.1. The second-order valence-corrected chi connectivity index (χ2v) is 4.76. The fraction of sp³-hybridized carbons (Fsp3) is 0.267. The fourth-order valence-corrected chi connectivity index (χ4v) is 2.08. The number of amides is 1. The van der Waals surface area contributed by atoms with Crippen LogP contribution in [-0.4, -0.2) is 22.1 Å². The molecule has 6 nitrogen and oxygen atoms in total. The van der Waals surface area contributed by atoms with Gasteiger partial charge in [-0.3, -0.25) is 4.79 Å². The number of carboxylic acids is 1. The molecule has 1 heterocycles. The van der Waals surface area contributed by atoms with E-state index >= 15 is 0 Å². The highest BCUT2D eigenvalue weighted by Crippen LogP contribution is 2.21. The van der Waals surface area contributed by atoms with Gasteiger partial charge in [-0.1, -0.05) is 35.5 Å². The van der Waals surface area contributed by atoms with Gasteiger partial charge in [0.15, 0.2) is 5.76 Å². The van der Waals surface area contributed by atoms with E-state index < -0.39 is 12.0 Å². The van der Waals surface area contributed by atoms with Gasteiger partial charge in [-0.2, -0.15) is 0 Å². The molecule has 0 unspecified atom stereocenters. The van der Waals surface area contributed by atoms with Crippen LogP contribution in [0.1, 0.15) is 40.3 Å². The normalized spacial score (nSPS) is 11.9. The van der Waals surface area contributed by atoms with Crippen LogP contribution in [0.2, 0.25) is 0 Å².